The van der Waals surface area contributed by atoms with Crippen LogP contribution in [-0.2, 0) is 38.0 Å². The molecule has 1 aliphatic carbocycles. The van der Waals surface area contributed by atoms with Gasteiger partial charge in [0.1, 0.15) is 40.7 Å². The maximum atomic E-state index is 14.2. The van der Waals surface area contributed by atoms with Crippen LogP contribution >= 0.6 is 11.3 Å². The summed E-state index contributed by atoms with van der Waals surface area (Å²) < 4.78 is 38.5. The number of carbonyl (C=O) groups is 5. The van der Waals surface area contributed by atoms with Crippen molar-refractivity contribution in [1.82, 2.24) is 25.4 Å². The number of ether oxygens (including phenoxy) is 7. The van der Waals surface area contributed by atoms with Gasteiger partial charge in [-0.1, -0.05) is 31.4 Å². The Bertz CT molecular complexity index is 1730. The molecule has 1 aliphatic heterocycles. The first kappa shape index (κ1) is 51.2. The first-order valence-corrected chi connectivity index (χ1v) is 22.8. The highest BCUT2D eigenvalue weighted by Crippen LogP contribution is 2.37. The number of rotatable bonds is 27. The van der Waals surface area contributed by atoms with Gasteiger partial charge in [0.2, 0.25) is 17.6 Å². The lowest BCUT2D eigenvalue weighted by molar-refractivity contribution is -0.140. The maximum Gasteiger partial charge on any atom is 0.407 e. The van der Waals surface area contributed by atoms with Crippen molar-refractivity contribution in [3.8, 4) is 5.75 Å². The van der Waals surface area contributed by atoms with E-state index in [0.29, 0.717) is 102 Å². The minimum atomic E-state index is -1.22. The molecule has 2 aromatic rings. The lowest BCUT2D eigenvalue weighted by Gasteiger charge is -2.35. The van der Waals surface area contributed by atoms with Crippen molar-refractivity contribution in [2.24, 2.45) is 5.92 Å². The van der Waals surface area contributed by atoms with E-state index in [4.69, 9.17) is 38.1 Å². The van der Waals surface area contributed by atoms with Gasteiger partial charge < -0.3 is 53.8 Å². The number of likely N-dealkylation sites (tertiary alicyclic amines) is 1. The summed E-state index contributed by atoms with van der Waals surface area (Å²) in [5, 5.41) is 17.3. The molecule has 4 amide bonds. The van der Waals surface area contributed by atoms with Gasteiger partial charge >= 0.3 is 12.2 Å². The number of nitrogens with one attached hydrogen (secondary N) is 2. The van der Waals surface area contributed by atoms with Gasteiger partial charge in [0.15, 0.2) is 0 Å². The summed E-state index contributed by atoms with van der Waals surface area (Å²) in [4.78, 5) is 71.5. The number of carbonyl (C=O) groups excluding carboxylic acids is 4. The highest BCUT2D eigenvalue weighted by Gasteiger charge is 2.40. The van der Waals surface area contributed by atoms with Crippen LogP contribution in [0.5, 0.6) is 5.75 Å². The monoisotopic (exact) mass is 905 g/mol. The average Bonchev–Trinajstić information content (AvgIpc) is 3.96. The smallest absolute Gasteiger partial charge is 0.407 e. The maximum absolute atomic E-state index is 14.2. The number of amides is 4. The molecule has 0 bridgehead atoms. The number of benzene rings is 1. The number of likely N-dealkylation sites (N-methyl/N-ethyl adjacent to an activating group) is 1. The Balaban J connectivity index is 1.10. The van der Waals surface area contributed by atoms with E-state index in [-0.39, 0.29) is 36.0 Å². The zero-order chi connectivity index (χ0) is 45.6. The molecule has 3 atom stereocenters. The summed E-state index contributed by atoms with van der Waals surface area (Å²) in [6.07, 6.45) is 4.33. The second kappa shape index (κ2) is 27.0. The number of alkyl carbamates (subject to hydrolysis) is 1. The van der Waals surface area contributed by atoms with Crippen molar-refractivity contribution in [3.63, 3.8) is 0 Å². The van der Waals surface area contributed by atoms with Crippen LogP contribution in [0.25, 0.3) is 0 Å². The number of carboxylic acid groups (broad SMARTS) is 1. The van der Waals surface area contributed by atoms with Crippen molar-refractivity contribution in [2.45, 2.75) is 96.4 Å². The molecule has 1 saturated carbocycles. The predicted octanol–water partition coefficient (Wildman–Crippen LogP) is 5.09. The summed E-state index contributed by atoms with van der Waals surface area (Å²) in [5.74, 6) is -0.498. The first-order chi connectivity index (χ1) is 30.2. The van der Waals surface area contributed by atoms with Gasteiger partial charge in [0.05, 0.1) is 72.1 Å². The van der Waals surface area contributed by atoms with Crippen LogP contribution in [0.4, 0.5) is 9.59 Å². The van der Waals surface area contributed by atoms with Crippen molar-refractivity contribution in [2.75, 3.05) is 92.8 Å². The molecule has 4 rings (SSSR count). The summed E-state index contributed by atoms with van der Waals surface area (Å²) >= 11 is 1.33. The van der Waals surface area contributed by atoms with Crippen LogP contribution in [0, 0.1) is 5.92 Å². The van der Waals surface area contributed by atoms with Gasteiger partial charge in [-0.15, -0.1) is 11.3 Å². The fourth-order valence-electron chi connectivity index (χ4n) is 7.09. The Labute approximate surface area is 374 Å². The second-order valence-corrected chi connectivity index (χ2v) is 17.3. The number of aromatic nitrogens is 1. The number of hydrogen-bond donors (Lipinski definition) is 3. The third kappa shape index (κ3) is 17.9. The quantitative estimate of drug-likeness (QED) is 0.0788. The normalized spacial score (nSPS) is 16.6. The highest BCUT2D eigenvalue weighted by atomic mass is 32.1. The number of thiazole rings is 1. The third-order valence-electron chi connectivity index (χ3n) is 10.5. The van der Waals surface area contributed by atoms with Gasteiger partial charge in [-0.3, -0.25) is 19.3 Å². The predicted molar refractivity (Wildman–Crippen MR) is 233 cm³/mol. The largest absolute Gasteiger partial charge is 0.491 e. The Morgan fingerprint density at radius 2 is 1.46 bits per heavy atom. The molecule has 0 radical (unpaired) electrons. The Morgan fingerprint density at radius 3 is 2.06 bits per heavy atom. The Morgan fingerprint density at radius 1 is 0.857 bits per heavy atom. The fraction of sp³-hybridized carbons (Fsp3) is 0.682. The number of hydrogen-bond acceptors (Lipinski definition) is 14. The number of ketones is 1. The van der Waals surface area contributed by atoms with Gasteiger partial charge in [-0.25, -0.2) is 14.6 Å². The Hall–Kier alpha value is -4.40. The molecule has 63 heavy (non-hydrogen) atoms. The molecule has 2 heterocycles. The summed E-state index contributed by atoms with van der Waals surface area (Å²) in [6.45, 7) is 12.1. The molecule has 2 aliphatic rings. The van der Waals surface area contributed by atoms with E-state index in [0.717, 1.165) is 43.4 Å². The standard InChI is InChI=1S/C44H67N5O13S/c1-31(48(5)43(54)55)39(51)47-37(32-11-7-6-8-12-32)41(52)49-17-10-15-36(49)40-46-35(30-63-40)38(50)33-13-9-14-34(29-33)61-28-27-60-26-25-59-24-23-58-22-21-57-20-19-56-18-16-45-42(53)62-44(2,3)4/h9,13-14,29-32,36-37H,6-8,10-12,15-28H2,1-5H3,(H,45,53)(H,47,51)(H,54,55)/t31?,36-,37?/m0/s1. The van der Waals surface area contributed by atoms with E-state index in [1.54, 1.807) is 55.3 Å². The SMILES string of the molecule is CC(C(=O)NC(C(=O)N1CCC[C@H]1c1nc(C(=O)c2cccc(OCCOCCOCCOCCOCCOCCNC(=O)OC(C)(C)C)c2)cs1)C1CCCCC1)N(C)C(=O)O. The van der Waals surface area contributed by atoms with Gasteiger partial charge in [-0.05, 0) is 71.4 Å². The molecule has 3 N–H and O–H groups in total. The van der Waals surface area contributed by atoms with E-state index in [1.807, 2.05) is 0 Å². The van der Waals surface area contributed by atoms with Crippen LogP contribution in [0.15, 0.2) is 29.6 Å². The van der Waals surface area contributed by atoms with Crippen LogP contribution < -0.4 is 15.4 Å². The molecule has 352 valence electrons. The molecule has 18 nitrogen and oxygen atoms in total. The minimum absolute atomic E-state index is 0.0506. The zero-order valence-electron chi connectivity index (χ0n) is 37.4. The van der Waals surface area contributed by atoms with Crippen molar-refractivity contribution < 1.29 is 62.2 Å². The molecular formula is C44H67N5O13S. The summed E-state index contributed by atoms with van der Waals surface area (Å²) in [7, 11) is 1.33. The van der Waals surface area contributed by atoms with Crippen LogP contribution in [0.3, 0.4) is 0 Å². The van der Waals surface area contributed by atoms with Gasteiger partial charge in [-0.2, -0.15) is 0 Å². The molecule has 1 aromatic heterocycles. The molecule has 2 unspecified atom stereocenters. The second-order valence-electron chi connectivity index (χ2n) is 16.4. The van der Waals surface area contributed by atoms with Crippen LogP contribution in [-0.4, -0.2) is 160 Å². The molecule has 2 fully saturated rings. The van der Waals surface area contributed by atoms with E-state index < -0.39 is 35.8 Å². The number of nitrogens with zero attached hydrogens (tertiary/aromatic N) is 3. The molecular weight excluding hydrogens is 839 g/mol. The van der Waals surface area contributed by atoms with Crippen molar-refractivity contribution in [3.05, 3.63) is 45.9 Å². The molecule has 0 spiro atoms. The Kier molecular flexibility index (Phi) is 22.0. The molecule has 1 saturated heterocycles. The van der Waals surface area contributed by atoms with E-state index >= 15 is 0 Å². The van der Waals surface area contributed by atoms with Crippen LogP contribution in [0.1, 0.15) is 99.7 Å². The lowest BCUT2D eigenvalue weighted by atomic mass is 9.83. The van der Waals surface area contributed by atoms with Crippen LogP contribution in [0.2, 0.25) is 0 Å². The van der Waals surface area contributed by atoms with E-state index in [9.17, 15) is 29.1 Å². The summed E-state index contributed by atoms with van der Waals surface area (Å²) in [5.41, 5.74) is 0.162. The third-order valence-corrected chi connectivity index (χ3v) is 11.5. The fourth-order valence-corrected chi connectivity index (χ4v) is 8.03. The van der Waals surface area contributed by atoms with Crippen molar-refractivity contribution in [1.29, 1.82) is 0 Å². The zero-order valence-corrected chi connectivity index (χ0v) is 38.3. The van der Waals surface area contributed by atoms with Gasteiger partial charge in [0.25, 0.3) is 0 Å². The van der Waals surface area contributed by atoms with E-state index in [1.165, 1.54) is 25.3 Å². The first-order valence-electron chi connectivity index (χ1n) is 21.9. The van der Waals surface area contributed by atoms with Gasteiger partial charge in [0, 0.05) is 31.1 Å². The topological polar surface area (TPSA) is 214 Å². The average molecular weight is 906 g/mol. The molecule has 19 heteroatoms. The summed E-state index contributed by atoms with van der Waals surface area (Å²) in [6, 6.07) is 4.82. The van der Waals surface area contributed by atoms with Crippen molar-refractivity contribution >= 4 is 41.1 Å². The minimum Gasteiger partial charge on any atom is -0.491 e. The lowest BCUT2D eigenvalue weighted by Crippen LogP contribution is -2.56. The molecule has 1 aromatic carbocycles. The highest BCUT2D eigenvalue weighted by molar-refractivity contribution is 7.10. The van der Waals surface area contributed by atoms with E-state index in [2.05, 4.69) is 10.6 Å².